The molecule has 110 valence electrons. The number of amides is 2. The minimum Gasteiger partial charge on any atom is -0.274 e. The maximum Gasteiger partial charge on any atom is 0.238 e. The van der Waals surface area contributed by atoms with E-state index in [2.05, 4.69) is 31.9 Å². The van der Waals surface area contributed by atoms with Crippen molar-refractivity contribution in [2.45, 2.75) is 16.1 Å². The predicted molar refractivity (Wildman–Crippen MR) is 88.0 cm³/mol. The molecular weight excluding hydrogens is 421 g/mol. The minimum absolute atomic E-state index is 0.0522. The molecule has 2 amide bonds. The summed E-state index contributed by atoms with van der Waals surface area (Å²) >= 11 is 13.2. The van der Waals surface area contributed by atoms with Crippen LogP contribution >= 0.6 is 43.5 Å². The van der Waals surface area contributed by atoms with Gasteiger partial charge in [0.2, 0.25) is 11.8 Å². The molecule has 0 spiro atoms. The lowest BCUT2D eigenvalue weighted by molar-refractivity contribution is -0.123. The van der Waals surface area contributed by atoms with E-state index in [0.717, 1.165) is 6.42 Å². The Bertz CT molecular complexity index is 603. The van der Waals surface area contributed by atoms with Gasteiger partial charge in [0.15, 0.2) is 0 Å². The standard InChI is InChI=1S/C15H12Br2ClNO2/c16-12-8-5-9(13(12)17)11-10(8)14(20)19(15(11)21)7-3-1-6(18)2-4-7/h1-4,8-13H,5H2/t8-,9-,10-,11-,12+,13+/m1/s1. The van der Waals surface area contributed by atoms with E-state index in [-0.39, 0.29) is 45.1 Å². The Balaban J connectivity index is 1.73. The highest BCUT2D eigenvalue weighted by Crippen LogP contribution is 2.60. The topological polar surface area (TPSA) is 37.4 Å². The number of hydrogen-bond donors (Lipinski definition) is 0. The van der Waals surface area contributed by atoms with E-state index in [9.17, 15) is 9.59 Å². The third kappa shape index (κ3) is 1.83. The molecular formula is C15H12Br2ClNO2. The van der Waals surface area contributed by atoms with E-state index in [1.807, 2.05) is 0 Å². The number of halogens is 3. The maximum atomic E-state index is 12.8. The molecule has 1 aliphatic heterocycles. The van der Waals surface area contributed by atoms with Gasteiger partial charge in [0.1, 0.15) is 0 Å². The van der Waals surface area contributed by atoms with Gasteiger partial charge >= 0.3 is 0 Å². The van der Waals surface area contributed by atoms with Gasteiger partial charge in [0.05, 0.1) is 17.5 Å². The molecule has 1 aromatic carbocycles. The lowest BCUT2D eigenvalue weighted by atomic mass is 9.81. The zero-order valence-corrected chi connectivity index (χ0v) is 14.8. The van der Waals surface area contributed by atoms with Crippen LogP contribution in [0.25, 0.3) is 0 Å². The summed E-state index contributed by atoms with van der Waals surface area (Å²) in [7, 11) is 0. The summed E-state index contributed by atoms with van der Waals surface area (Å²) in [5.74, 6) is 0.0521. The fourth-order valence-electron chi connectivity index (χ4n) is 4.19. The van der Waals surface area contributed by atoms with E-state index in [0.29, 0.717) is 10.7 Å². The summed E-state index contributed by atoms with van der Waals surface area (Å²) in [4.78, 5) is 27.4. The summed E-state index contributed by atoms with van der Waals surface area (Å²) in [6, 6.07) is 6.89. The van der Waals surface area contributed by atoms with E-state index < -0.39 is 0 Å². The van der Waals surface area contributed by atoms with Crippen molar-refractivity contribution in [2.75, 3.05) is 4.90 Å². The first kappa shape index (κ1) is 14.2. The molecule has 2 aliphatic carbocycles. The molecule has 0 radical (unpaired) electrons. The Kier molecular flexibility index (Phi) is 3.25. The molecule has 1 aromatic rings. The van der Waals surface area contributed by atoms with Gasteiger partial charge < -0.3 is 0 Å². The molecule has 0 N–H and O–H groups in total. The van der Waals surface area contributed by atoms with Crippen LogP contribution in [0.5, 0.6) is 0 Å². The zero-order chi connectivity index (χ0) is 14.9. The van der Waals surface area contributed by atoms with E-state index in [1.54, 1.807) is 24.3 Å². The van der Waals surface area contributed by atoms with Gasteiger partial charge in [-0.1, -0.05) is 43.5 Å². The summed E-state index contributed by atoms with van der Waals surface area (Å²) in [5.41, 5.74) is 0.625. The lowest BCUT2D eigenvalue weighted by Gasteiger charge is -2.28. The lowest BCUT2D eigenvalue weighted by Crippen LogP contribution is -2.37. The number of alkyl halides is 2. The summed E-state index contributed by atoms with van der Waals surface area (Å²) in [6.45, 7) is 0. The van der Waals surface area contributed by atoms with Gasteiger partial charge in [-0.2, -0.15) is 0 Å². The summed E-state index contributed by atoms with van der Waals surface area (Å²) in [6.07, 6.45) is 0.951. The van der Waals surface area contributed by atoms with Crippen LogP contribution in [0.4, 0.5) is 5.69 Å². The molecule has 1 heterocycles. The van der Waals surface area contributed by atoms with Crippen LogP contribution < -0.4 is 4.90 Å². The van der Waals surface area contributed by atoms with Crippen LogP contribution in [-0.2, 0) is 9.59 Å². The highest BCUT2D eigenvalue weighted by molar-refractivity contribution is 9.12. The first-order valence-corrected chi connectivity index (χ1v) is 9.13. The number of fused-ring (bicyclic) bond motifs is 5. The smallest absolute Gasteiger partial charge is 0.238 e. The van der Waals surface area contributed by atoms with Crippen LogP contribution in [0.3, 0.4) is 0 Å². The van der Waals surface area contributed by atoms with Crippen LogP contribution in [0.15, 0.2) is 24.3 Å². The van der Waals surface area contributed by atoms with Crippen molar-refractivity contribution >= 4 is 61.0 Å². The molecule has 21 heavy (non-hydrogen) atoms. The molecule has 1 saturated heterocycles. The largest absolute Gasteiger partial charge is 0.274 e. The first-order valence-electron chi connectivity index (χ1n) is 6.92. The number of nitrogens with zero attached hydrogens (tertiary/aromatic N) is 1. The van der Waals surface area contributed by atoms with Crippen molar-refractivity contribution < 1.29 is 9.59 Å². The molecule has 6 heteroatoms. The quantitative estimate of drug-likeness (QED) is 0.501. The Morgan fingerprint density at radius 2 is 1.43 bits per heavy atom. The average molecular weight is 434 g/mol. The highest BCUT2D eigenvalue weighted by atomic mass is 79.9. The van der Waals surface area contributed by atoms with Gasteiger partial charge in [-0.05, 0) is 42.5 Å². The molecule has 3 nitrogen and oxygen atoms in total. The third-order valence-electron chi connectivity index (χ3n) is 5.07. The first-order chi connectivity index (χ1) is 10.0. The summed E-state index contributed by atoms with van der Waals surface area (Å²) < 4.78 is 0. The number of anilines is 1. The number of rotatable bonds is 1. The van der Waals surface area contributed by atoms with Crippen LogP contribution in [0, 0.1) is 23.7 Å². The Morgan fingerprint density at radius 1 is 0.952 bits per heavy atom. The Morgan fingerprint density at radius 3 is 1.90 bits per heavy atom. The monoisotopic (exact) mass is 431 g/mol. The van der Waals surface area contributed by atoms with Crippen molar-refractivity contribution in [3.63, 3.8) is 0 Å². The van der Waals surface area contributed by atoms with Crippen molar-refractivity contribution in [2.24, 2.45) is 23.7 Å². The highest BCUT2D eigenvalue weighted by Gasteiger charge is 2.66. The van der Waals surface area contributed by atoms with Gasteiger partial charge in [0.25, 0.3) is 0 Å². The van der Waals surface area contributed by atoms with Crippen LogP contribution in [-0.4, -0.2) is 21.5 Å². The molecule has 0 unspecified atom stereocenters. The molecule has 4 rings (SSSR count). The number of imide groups is 1. The maximum absolute atomic E-state index is 12.8. The second-order valence-corrected chi connectivity index (χ2v) is 8.54. The van der Waals surface area contributed by atoms with E-state index in [4.69, 9.17) is 11.6 Å². The van der Waals surface area contributed by atoms with Crippen LogP contribution in [0.1, 0.15) is 6.42 Å². The molecule has 0 aromatic heterocycles. The van der Waals surface area contributed by atoms with Gasteiger partial charge in [-0.3, -0.25) is 14.5 Å². The van der Waals surface area contributed by atoms with E-state index >= 15 is 0 Å². The SMILES string of the molecule is O=C1[C@@H]2[C@H]3C[C@@H]([C@H](Br)[C@H]3Br)[C@H]2C(=O)N1c1ccc(Cl)cc1. The van der Waals surface area contributed by atoms with Gasteiger partial charge in [-0.15, -0.1) is 0 Å². The Hall–Kier alpha value is -0.390. The van der Waals surface area contributed by atoms with Gasteiger partial charge in [-0.25, -0.2) is 0 Å². The molecule has 3 fully saturated rings. The molecule has 6 atom stereocenters. The van der Waals surface area contributed by atoms with Crippen molar-refractivity contribution in [1.29, 1.82) is 0 Å². The fraction of sp³-hybridized carbons (Fsp3) is 0.467. The molecule has 2 saturated carbocycles. The number of carbonyl (C=O) groups is 2. The zero-order valence-electron chi connectivity index (χ0n) is 10.9. The van der Waals surface area contributed by atoms with E-state index in [1.165, 1.54) is 4.90 Å². The molecule has 3 aliphatic rings. The second-order valence-electron chi connectivity index (χ2n) is 5.99. The minimum atomic E-state index is -0.170. The fourth-order valence-corrected chi connectivity index (χ4v) is 6.19. The number of carbonyl (C=O) groups excluding carboxylic acids is 2. The van der Waals surface area contributed by atoms with Crippen molar-refractivity contribution in [1.82, 2.24) is 0 Å². The third-order valence-corrected chi connectivity index (χ3v) is 8.53. The number of hydrogen-bond acceptors (Lipinski definition) is 2. The second kappa shape index (κ2) is 4.80. The Labute approximate surface area is 144 Å². The van der Waals surface area contributed by atoms with Crippen molar-refractivity contribution in [3.8, 4) is 0 Å². The normalized spacial score (nSPS) is 41.0. The number of benzene rings is 1. The average Bonchev–Trinajstić information content (AvgIpc) is 3.06. The predicted octanol–water partition coefficient (Wildman–Crippen LogP) is 3.62. The van der Waals surface area contributed by atoms with Crippen molar-refractivity contribution in [3.05, 3.63) is 29.3 Å². The molecule has 2 bridgehead atoms. The van der Waals surface area contributed by atoms with Crippen LogP contribution in [0.2, 0.25) is 5.02 Å². The van der Waals surface area contributed by atoms with Gasteiger partial charge in [0, 0.05) is 14.7 Å². The summed E-state index contributed by atoms with van der Waals surface area (Å²) in [5, 5.41) is 0.596.